The number of hydrogen-bond donors (Lipinski definition) is 0. The molecular weight excluding hydrogens is 251 g/mol. The van der Waals surface area contributed by atoms with Crippen molar-refractivity contribution in [2.24, 2.45) is 0 Å². The van der Waals surface area contributed by atoms with E-state index in [2.05, 4.69) is 10.2 Å². The normalized spacial score (nSPS) is 11.8. The molecule has 0 amide bonds. The van der Waals surface area contributed by atoms with Crippen LogP contribution in [0.5, 0.6) is 0 Å². The van der Waals surface area contributed by atoms with E-state index in [1.165, 1.54) is 12.1 Å². The van der Waals surface area contributed by atoms with Crippen molar-refractivity contribution in [1.29, 1.82) is 0 Å². The molecular formula is C10H8F3N3O2. The van der Waals surface area contributed by atoms with Gasteiger partial charge in [0.2, 0.25) is 5.82 Å². The number of halogens is 3. The Kier molecular flexibility index (Phi) is 2.93. The molecule has 0 N–H and O–H groups in total. The molecule has 0 aliphatic carbocycles. The lowest BCUT2D eigenvalue weighted by Gasteiger charge is -2.05. The summed E-state index contributed by atoms with van der Waals surface area (Å²) in [5.74, 6) is -1.91. The predicted octanol–water partition coefficient (Wildman–Crippen LogP) is 1.92. The molecule has 2 heterocycles. The van der Waals surface area contributed by atoms with Crippen LogP contribution in [0, 0.1) is 0 Å². The minimum atomic E-state index is -4.63. The van der Waals surface area contributed by atoms with Gasteiger partial charge in [-0.25, -0.2) is 4.79 Å². The van der Waals surface area contributed by atoms with Gasteiger partial charge in [0.05, 0.1) is 6.61 Å². The molecule has 0 aliphatic rings. The van der Waals surface area contributed by atoms with Crippen LogP contribution in [-0.2, 0) is 10.9 Å². The molecule has 0 radical (unpaired) electrons. The Hall–Kier alpha value is -2.12. The van der Waals surface area contributed by atoms with E-state index < -0.39 is 18.0 Å². The van der Waals surface area contributed by atoms with E-state index >= 15 is 0 Å². The van der Waals surface area contributed by atoms with E-state index in [0.29, 0.717) is 4.40 Å². The van der Waals surface area contributed by atoms with Crippen LogP contribution < -0.4 is 0 Å². The molecule has 5 nitrogen and oxygen atoms in total. The van der Waals surface area contributed by atoms with E-state index in [1.54, 1.807) is 6.92 Å². The molecule has 0 unspecified atom stereocenters. The van der Waals surface area contributed by atoms with Crippen LogP contribution >= 0.6 is 0 Å². The van der Waals surface area contributed by atoms with Crippen molar-refractivity contribution in [3.05, 3.63) is 29.7 Å². The van der Waals surface area contributed by atoms with Crippen LogP contribution in [0.25, 0.3) is 5.65 Å². The quantitative estimate of drug-likeness (QED) is 0.773. The number of alkyl halides is 3. The van der Waals surface area contributed by atoms with Crippen molar-refractivity contribution in [2.75, 3.05) is 6.61 Å². The van der Waals surface area contributed by atoms with E-state index in [9.17, 15) is 18.0 Å². The van der Waals surface area contributed by atoms with E-state index in [1.807, 2.05) is 0 Å². The number of ether oxygens (including phenoxy) is 1. The summed E-state index contributed by atoms with van der Waals surface area (Å²) in [5.41, 5.74) is -0.231. The van der Waals surface area contributed by atoms with Gasteiger partial charge in [-0.3, -0.25) is 4.40 Å². The Morgan fingerprint density at radius 3 is 2.78 bits per heavy atom. The fourth-order valence-electron chi connectivity index (χ4n) is 1.48. The Balaban J connectivity index is 2.59. The molecule has 2 aromatic rings. The Morgan fingerprint density at radius 1 is 1.44 bits per heavy atom. The third-order valence-corrected chi connectivity index (χ3v) is 2.18. The van der Waals surface area contributed by atoms with E-state index in [4.69, 9.17) is 4.74 Å². The molecule has 0 atom stereocenters. The summed E-state index contributed by atoms with van der Waals surface area (Å²) in [6.45, 7) is 1.73. The van der Waals surface area contributed by atoms with Gasteiger partial charge in [0.25, 0.3) is 0 Å². The van der Waals surface area contributed by atoms with Crippen molar-refractivity contribution in [2.45, 2.75) is 13.1 Å². The largest absolute Gasteiger partial charge is 0.462 e. The molecule has 2 rings (SSSR count). The highest BCUT2D eigenvalue weighted by molar-refractivity contribution is 5.95. The monoisotopic (exact) mass is 259 g/mol. The number of rotatable bonds is 2. The summed E-state index contributed by atoms with van der Waals surface area (Å²) >= 11 is 0. The first-order chi connectivity index (χ1) is 8.45. The van der Waals surface area contributed by atoms with Crippen molar-refractivity contribution in [3.63, 3.8) is 0 Å². The first kappa shape index (κ1) is 12.3. The molecule has 0 aliphatic heterocycles. The number of fused-ring (bicyclic) bond motifs is 1. The van der Waals surface area contributed by atoms with Crippen molar-refractivity contribution in [1.82, 2.24) is 14.6 Å². The number of esters is 1. The van der Waals surface area contributed by atoms with E-state index in [-0.39, 0.29) is 17.8 Å². The van der Waals surface area contributed by atoms with Gasteiger partial charge in [0.15, 0.2) is 5.65 Å². The maximum atomic E-state index is 12.6. The third-order valence-electron chi connectivity index (χ3n) is 2.18. The standard InChI is InChI=1S/C10H8F3N3O2/c1-2-18-8(17)6-4-3-5-16-7(6)14-15-9(16)10(11,12)13/h3-5H,2H2,1H3. The van der Waals surface area contributed by atoms with E-state index in [0.717, 1.165) is 6.20 Å². The second-order valence-electron chi connectivity index (χ2n) is 3.36. The first-order valence-electron chi connectivity index (χ1n) is 5.03. The van der Waals surface area contributed by atoms with Gasteiger partial charge < -0.3 is 4.74 Å². The predicted molar refractivity (Wildman–Crippen MR) is 53.9 cm³/mol. The molecule has 0 bridgehead atoms. The zero-order chi connectivity index (χ0) is 13.3. The van der Waals surface area contributed by atoms with Crippen molar-refractivity contribution in [3.8, 4) is 0 Å². The van der Waals surface area contributed by atoms with Gasteiger partial charge in [-0.15, -0.1) is 10.2 Å². The number of pyridine rings is 1. The number of hydrogen-bond acceptors (Lipinski definition) is 4. The molecule has 0 saturated carbocycles. The zero-order valence-electron chi connectivity index (χ0n) is 9.23. The fourth-order valence-corrected chi connectivity index (χ4v) is 1.48. The minimum Gasteiger partial charge on any atom is -0.462 e. The number of aromatic nitrogens is 3. The lowest BCUT2D eigenvalue weighted by atomic mass is 10.2. The van der Waals surface area contributed by atoms with Gasteiger partial charge in [0.1, 0.15) is 5.56 Å². The molecule has 96 valence electrons. The van der Waals surface area contributed by atoms with Crippen LogP contribution in [0.2, 0.25) is 0 Å². The maximum absolute atomic E-state index is 12.6. The van der Waals surface area contributed by atoms with Crippen LogP contribution in [0.4, 0.5) is 13.2 Å². The SMILES string of the molecule is CCOC(=O)c1cccn2c(C(F)(F)F)nnc12. The zero-order valence-corrected chi connectivity index (χ0v) is 9.23. The Labute approximate surface area is 99.2 Å². The molecule has 0 saturated heterocycles. The number of nitrogens with zero attached hydrogens (tertiary/aromatic N) is 3. The number of carbonyl (C=O) groups is 1. The molecule has 0 fully saturated rings. The summed E-state index contributed by atoms with van der Waals surface area (Å²) in [6.07, 6.45) is -3.49. The van der Waals surface area contributed by atoms with Gasteiger partial charge in [-0.05, 0) is 19.1 Å². The first-order valence-corrected chi connectivity index (χ1v) is 5.03. The average molecular weight is 259 g/mol. The van der Waals surface area contributed by atoms with Crippen molar-refractivity contribution >= 4 is 11.6 Å². The lowest BCUT2D eigenvalue weighted by Crippen LogP contribution is -2.12. The summed E-state index contributed by atoms with van der Waals surface area (Å²) < 4.78 is 43.2. The Morgan fingerprint density at radius 2 is 2.17 bits per heavy atom. The molecule has 18 heavy (non-hydrogen) atoms. The Bertz CT molecular complexity index is 592. The van der Waals surface area contributed by atoms with Gasteiger partial charge in [-0.2, -0.15) is 13.2 Å². The van der Waals surface area contributed by atoms with Crippen LogP contribution in [0.1, 0.15) is 23.1 Å². The molecule has 0 spiro atoms. The molecule has 2 aromatic heterocycles. The maximum Gasteiger partial charge on any atom is 0.452 e. The summed E-state index contributed by atoms with van der Waals surface area (Å²) in [7, 11) is 0. The summed E-state index contributed by atoms with van der Waals surface area (Å²) in [5, 5.41) is 6.43. The van der Waals surface area contributed by atoms with Gasteiger partial charge in [-0.1, -0.05) is 0 Å². The summed E-state index contributed by atoms with van der Waals surface area (Å²) in [6, 6.07) is 2.64. The van der Waals surface area contributed by atoms with Gasteiger partial charge in [0, 0.05) is 6.20 Å². The fraction of sp³-hybridized carbons (Fsp3) is 0.300. The second-order valence-corrected chi connectivity index (χ2v) is 3.36. The van der Waals surface area contributed by atoms with Crippen LogP contribution in [0.15, 0.2) is 18.3 Å². The third kappa shape index (κ3) is 2.01. The van der Waals surface area contributed by atoms with Crippen LogP contribution in [-0.4, -0.2) is 27.2 Å². The minimum absolute atomic E-state index is 0.0534. The molecule has 8 heteroatoms. The highest BCUT2D eigenvalue weighted by Crippen LogP contribution is 2.28. The highest BCUT2D eigenvalue weighted by Gasteiger charge is 2.37. The second kappa shape index (κ2) is 4.28. The topological polar surface area (TPSA) is 56.5 Å². The van der Waals surface area contributed by atoms with Crippen LogP contribution in [0.3, 0.4) is 0 Å². The summed E-state index contributed by atoms with van der Waals surface area (Å²) in [4.78, 5) is 11.5. The van der Waals surface area contributed by atoms with Gasteiger partial charge >= 0.3 is 12.1 Å². The lowest BCUT2D eigenvalue weighted by molar-refractivity contribution is -0.145. The molecule has 0 aromatic carbocycles. The number of carbonyl (C=O) groups excluding carboxylic acids is 1. The average Bonchev–Trinajstić information content (AvgIpc) is 2.72. The highest BCUT2D eigenvalue weighted by atomic mass is 19.4. The smallest absolute Gasteiger partial charge is 0.452 e. The van der Waals surface area contributed by atoms with Crippen molar-refractivity contribution < 1.29 is 22.7 Å².